The van der Waals surface area contributed by atoms with Crippen molar-refractivity contribution in [3.8, 4) is 28.0 Å². The Labute approximate surface area is 324 Å². The second kappa shape index (κ2) is 13.7. The van der Waals surface area contributed by atoms with Gasteiger partial charge in [-0.05, 0) is 106 Å². The van der Waals surface area contributed by atoms with Crippen LogP contribution in [0.25, 0.3) is 33.4 Å². The number of amidine groups is 1. The fraction of sp³-hybridized carbons (Fsp3) is 0.192. The van der Waals surface area contributed by atoms with Crippen molar-refractivity contribution in [2.45, 2.75) is 51.2 Å². The normalized spacial score (nSPS) is 22.4. The van der Waals surface area contributed by atoms with Crippen LogP contribution in [-0.4, -0.2) is 17.7 Å². The van der Waals surface area contributed by atoms with Gasteiger partial charge in [0.15, 0.2) is 5.84 Å². The summed E-state index contributed by atoms with van der Waals surface area (Å²) in [6.45, 7) is 8.38. The third kappa shape index (κ3) is 5.48. The number of aryl methyl sites for hydroxylation is 1. The molecule has 2 heterocycles. The molecule has 55 heavy (non-hydrogen) atoms. The van der Waals surface area contributed by atoms with Crippen molar-refractivity contribution >= 4 is 22.7 Å². The van der Waals surface area contributed by atoms with Crippen LogP contribution in [-0.2, 0) is 0 Å². The summed E-state index contributed by atoms with van der Waals surface area (Å²) in [5.74, 6) is 2.49. The maximum Gasteiger partial charge on any atom is 0.155 e. The highest BCUT2D eigenvalue weighted by Gasteiger charge is 2.46. The van der Waals surface area contributed by atoms with Crippen LogP contribution in [0, 0.1) is 18.8 Å². The lowest BCUT2D eigenvalue weighted by molar-refractivity contribution is 0.229. The largest absolute Gasteiger partial charge is 0.485 e. The van der Waals surface area contributed by atoms with Gasteiger partial charge in [0.05, 0.1) is 17.7 Å². The molecule has 3 aliphatic carbocycles. The Morgan fingerprint density at radius 2 is 1.53 bits per heavy atom. The molecule has 268 valence electrons. The van der Waals surface area contributed by atoms with Crippen LogP contribution in [0.2, 0.25) is 0 Å². The summed E-state index contributed by atoms with van der Waals surface area (Å²) in [7, 11) is 0. The van der Waals surface area contributed by atoms with Gasteiger partial charge in [-0.25, -0.2) is 4.99 Å². The van der Waals surface area contributed by atoms with Gasteiger partial charge in [0, 0.05) is 22.6 Å². The Kier molecular flexibility index (Phi) is 8.32. The minimum absolute atomic E-state index is 0.0272. The van der Waals surface area contributed by atoms with Crippen molar-refractivity contribution in [3.63, 3.8) is 0 Å². The summed E-state index contributed by atoms with van der Waals surface area (Å²) < 4.78 is 6.66. The Hall–Kier alpha value is -6.06. The fourth-order valence-corrected chi connectivity index (χ4v) is 9.71. The van der Waals surface area contributed by atoms with E-state index in [-0.39, 0.29) is 24.0 Å². The average molecular weight is 713 g/mol. The zero-order valence-corrected chi connectivity index (χ0v) is 31.5. The fourth-order valence-electron chi connectivity index (χ4n) is 9.71. The zero-order valence-electron chi connectivity index (χ0n) is 31.5. The molecule has 5 aromatic carbocycles. The number of nitrogens with zero attached hydrogens (tertiary/aromatic N) is 2. The summed E-state index contributed by atoms with van der Waals surface area (Å²) >= 11 is 0. The second-order valence-corrected chi connectivity index (χ2v) is 15.5. The standard InChI is InChI=1S/C52H44N2O/c1-4-15-35(16-5-2)52-53-50(46(34-19-13-20-34)51(54-52)43-31-36(28-27-32(43)3)33-17-7-6-8-18-33)42-24-12-10-22-38(42)41-29-30-45-49-47(41)39-23-11-9-21-37(39)40-25-14-26-44(55-45)48(40)49/h4-12,14-18,21-31,34,45-46,49,51H,1,13,19-20H2,2-3H3/b16-5-,35-15+. The van der Waals surface area contributed by atoms with E-state index in [4.69, 9.17) is 14.7 Å². The lowest BCUT2D eigenvalue weighted by Gasteiger charge is -2.41. The first kappa shape index (κ1) is 33.5. The van der Waals surface area contributed by atoms with Crippen molar-refractivity contribution in [1.82, 2.24) is 0 Å². The van der Waals surface area contributed by atoms with E-state index in [0.717, 1.165) is 22.9 Å². The molecular formula is C52H44N2O. The molecule has 3 heteroatoms. The second-order valence-electron chi connectivity index (χ2n) is 15.5. The quantitative estimate of drug-likeness (QED) is 0.147. The Bertz CT molecular complexity index is 2560. The third-order valence-corrected chi connectivity index (χ3v) is 12.4. The van der Waals surface area contributed by atoms with E-state index in [9.17, 15) is 0 Å². The third-order valence-electron chi connectivity index (χ3n) is 12.4. The van der Waals surface area contributed by atoms with Crippen molar-refractivity contribution < 1.29 is 4.74 Å². The van der Waals surface area contributed by atoms with Crippen LogP contribution in [0.15, 0.2) is 174 Å². The molecule has 0 radical (unpaired) electrons. The molecule has 0 spiro atoms. The van der Waals surface area contributed by atoms with Crippen LogP contribution >= 0.6 is 0 Å². The summed E-state index contributed by atoms with van der Waals surface area (Å²) in [6, 6.07) is 42.0. The number of allylic oxidation sites excluding steroid dienone is 5. The molecule has 4 atom stereocenters. The van der Waals surface area contributed by atoms with Crippen LogP contribution < -0.4 is 4.74 Å². The molecule has 1 saturated carbocycles. The Morgan fingerprint density at radius 3 is 2.29 bits per heavy atom. The van der Waals surface area contributed by atoms with Gasteiger partial charge in [0.2, 0.25) is 0 Å². The van der Waals surface area contributed by atoms with Gasteiger partial charge in [0.1, 0.15) is 11.9 Å². The van der Waals surface area contributed by atoms with Gasteiger partial charge in [-0.2, -0.15) is 0 Å². The maximum absolute atomic E-state index is 6.66. The molecule has 0 saturated heterocycles. The van der Waals surface area contributed by atoms with Gasteiger partial charge < -0.3 is 4.74 Å². The lowest BCUT2D eigenvalue weighted by atomic mass is 9.66. The van der Waals surface area contributed by atoms with E-state index >= 15 is 0 Å². The molecule has 5 aliphatic rings. The average Bonchev–Trinajstić information content (AvgIpc) is 3.60. The van der Waals surface area contributed by atoms with Gasteiger partial charge in [-0.15, -0.1) is 0 Å². The maximum atomic E-state index is 6.66. The zero-order chi connectivity index (χ0) is 37.0. The smallest absolute Gasteiger partial charge is 0.155 e. The highest BCUT2D eigenvalue weighted by Crippen LogP contribution is 2.59. The van der Waals surface area contributed by atoms with Gasteiger partial charge in [-0.1, -0.05) is 147 Å². The molecule has 10 rings (SSSR count). The molecule has 1 fully saturated rings. The van der Waals surface area contributed by atoms with E-state index in [1.54, 1.807) is 0 Å². The van der Waals surface area contributed by atoms with Crippen molar-refractivity contribution in [1.29, 1.82) is 0 Å². The molecule has 4 unspecified atom stereocenters. The Morgan fingerprint density at radius 1 is 0.782 bits per heavy atom. The van der Waals surface area contributed by atoms with E-state index in [1.807, 2.05) is 12.2 Å². The summed E-state index contributed by atoms with van der Waals surface area (Å²) in [5, 5.41) is 0. The van der Waals surface area contributed by atoms with E-state index in [1.165, 1.54) is 86.0 Å². The number of benzene rings is 5. The molecule has 0 bridgehead atoms. The summed E-state index contributed by atoms with van der Waals surface area (Å²) in [6.07, 6.45) is 16.3. The molecule has 3 nitrogen and oxygen atoms in total. The number of rotatable bonds is 8. The minimum atomic E-state index is -0.0972. The predicted molar refractivity (Wildman–Crippen MR) is 229 cm³/mol. The minimum Gasteiger partial charge on any atom is -0.485 e. The van der Waals surface area contributed by atoms with E-state index in [0.29, 0.717) is 5.92 Å². The lowest BCUT2D eigenvalue weighted by Crippen LogP contribution is -2.37. The van der Waals surface area contributed by atoms with Crippen LogP contribution in [0.4, 0.5) is 0 Å². The molecule has 2 aliphatic heterocycles. The highest BCUT2D eigenvalue weighted by molar-refractivity contribution is 6.19. The van der Waals surface area contributed by atoms with Crippen molar-refractivity contribution in [3.05, 3.63) is 197 Å². The highest BCUT2D eigenvalue weighted by atomic mass is 16.5. The number of ether oxygens (including phenoxy) is 1. The number of fused-ring (bicyclic) bond motifs is 3. The van der Waals surface area contributed by atoms with E-state index in [2.05, 4.69) is 160 Å². The first-order chi connectivity index (χ1) is 27.1. The van der Waals surface area contributed by atoms with Crippen LogP contribution in [0.5, 0.6) is 5.75 Å². The molecular weight excluding hydrogens is 669 g/mol. The topological polar surface area (TPSA) is 34.0 Å². The number of hydrogen-bond acceptors (Lipinski definition) is 3. The van der Waals surface area contributed by atoms with Crippen molar-refractivity contribution in [2.24, 2.45) is 21.8 Å². The van der Waals surface area contributed by atoms with E-state index < -0.39 is 0 Å². The SMILES string of the molecule is C=C/C=C(\C=C/C)C1=NC(c2cc(-c3ccccc3)ccc2C)C(C2CCC2)C(c2ccccc2C2=C3c4ccccc4-c4cccc5c4C3C(C=C2)O5)=N1. The molecule has 0 aromatic heterocycles. The molecule has 0 amide bonds. The summed E-state index contributed by atoms with van der Waals surface area (Å²) in [4.78, 5) is 11.3. The first-order valence-electron chi connectivity index (χ1n) is 19.8. The van der Waals surface area contributed by atoms with Gasteiger partial charge >= 0.3 is 0 Å². The summed E-state index contributed by atoms with van der Waals surface area (Å²) in [5.41, 5.74) is 17.2. The Balaban J connectivity index is 1.20. The number of hydrogen-bond donors (Lipinski definition) is 0. The van der Waals surface area contributed by atoms with Crippen LogP contribution in [0.3, 0.4) is 0 Å². The van der Waals surface area contributed by atoms with Crippen molar-refractivity contribution in [2.75, 3.05) is 0 Å². The van der Waals surface area contributed by atoms with Gasteiger partial charge in [0.25, 0.3) is 0 Å². The molecule has 0 N–H and O–H groups in total. The molecule has 5 aromatic rings. The number of aliphatic imine (C=N–C) groups is 2. The predicted octanol–water partition coefficient (Wildman–Crippen LogP) is 12.7. The first-order valence-corrected chi connectivity index (χ1v) is 19.8. The monoisotopic (exact) mass is 712 g/mol. The van der Waals surface area contributed by atoms with Crippen LogP contribution in [0.1, 0.15) is 71.5 Å². The van der Waals surface area contributed by atoms with Gasteiger partial charge in [-0.3, -0.25) is 4.99 Å².